The molecule has 1 fully saturated rings. The number of carbonyl (C=O) groups excluding carboxylic acids is 2. The molecule has 1 saturated heterocycles. The van der Waals surface area contributed by atoms with Gasteiger partial charge in [0.2, 0.25) is 5.91 Å². The van der Waals surface area contributed by atoms with Gasteiger partial charge < -0.3 is 10.0 Å². The first-order valence-corrected chi connectivity index (χ1v) is 10.4. The summed E-state index contributed by atoms with van der Waals surface area (Å²) in [6.07, 6.45) is 1.76. The first-order chi connectivity index (χ1) is 14.3. The fraction of sp³-hybridized carbons (Fsp3) is 0.417. The molecule has 0 radical (unpaired) electrons. The van der Waals surface area contributed by atoms with Crippen LogP contribution in [0.1, 0.15) is 48.2 Å². The number of Topliss-reactive ketones (excluding diaryl/α,β-unsaturated/α-hetero) is 1. The molecule has 1 unspecified atom stereocenters. The molecule has 2 heterocycles. The summed E-state index contributed by atoms with van der Waals surface area (Å²) < 4.78 is 13.2. The molecule has 30 heavy (non-hydrogen) atoms. The van der Waals surface area contributed by atoms with E-state index in [0.717, 1.165) is 23.2 Å². The Balaban J connectivity index is 1.39. The van der Waals surface area contributed by atoms with Crippen LogP contribution in [-0.2, 0) is 16.8 Å². The highest BCUT2D eigenvalue weighted by Crippen LogP contribution is 2.34. The molecule has 1 amide bonds. The number of halogens is 1. The number of likely N-dealkylation sites (tertiary alicyclic amines) is 1. The van der Waals surface area contributed by atoms with Crippen molar-refractivity contribution in [1.82, 2.24) is 4.90 Å². The Morgan fingerprint density at radius 1 is 1.13 bits per heavy atom. The van der Waals surface area contributed by atoms with E-state index in [1.165, 1.54) is 12.1 Å². The first kappa shape index (κ1) is 20.7. The Bertz CT molecular complexity index is 965. The Morgan fingerprint density at radius 3 is 2.43 bits per heavy atom. The molecule has 2 aliphatic rings. The number of aliphatic hydroxyl groups is 1. The number of amides is 1. The summed E-state index contributed by atoms with van der Waals surface area (Å²) in [4.78, 5) is 28.6. The van der Waals surface area contributed by atoms with Gasteiger partial charge in [0.15, 0.2) is 5.78 Å². The van der Waals surface area contributed by atoms with Gasteiger partial charge in [-0.15, -0.1) is 0 Å². The number of rotatable bonds is 4. The molecule has 158 valence electrons. The van der Waals surface area contributed by atoms with Crippen molar-refractivity contribution in [1.29, 1.82) is 0 Å². The zero-order valence-corrected chi connectivity index (χ0v) is 17.4. The van der Waals surface area contributed by atoms with E-state index in [2.05, 4.69) is 4.90 Å². The Hall–Kier alpha value is -2.57. The molecule has 2 aromatic carbocycles. The third-order valence-corrected chi connectivity index (χ3v) is 6.39. The van der Waals surface area contributed by atoms with Crippen molar-refractivity contribution in [2.24, 2.45) is 0 Å². The molecule has 0 saturated carbocycles. The highest BCUT2D eigenvalue weighted by Gasteiger charge is 2.35. The lowest BCUT2D eigenvalue weighted by atomic mass is 9.84. The van der Waals surface area contributed by atoms with Gasteiger partial charge in [0.25, 0.3) is 0 Å². The first-order valence-electron chi connectivity index (χ1n) is 10.4. The quantitative estimate of drug-likeness (QED) is 0.786. The second kappa shape index (κ2) is 7.93. The van der Waals surface area contributed by atoms with E-state index in [1.54, 1.807) is 30.0 Å². The van der Waals surface area contributed by atoms with Crippen molar-refractivity contribution in [2.75, 3.05) is 24.5 Å². The van der Waals surface area contributed by atoms with Gasteiger partial charge in [-0.1, -0.05) is 12.1 Å². The van der Waals surface area contributed by atoms with Crippen molar-refractivity contribution in [3.63, 3.8) is 0 Å². The Kier molecular flexibility index (Phi) is 5.47. The van der Waals surface area contributed by atoms with E-state index in [-0.39, 0.29) is 23.5 Å². The average molecular weight is 410 g/mol. The van der Waals surface area contributed by atoms with Crippen molar-refractivity contribution in [2.45, 2.75) is 44.8 Å². The van der Waals surface area contributed by atoms with E-state index in [4.69, 9.17) is 0 Å². The van der Waals surface area contributed by atoms with E-state index in [9.17, 15) is 19.1 Å². The predicted octanol–water partition coefficient (Wildman–Crippen LogP) is 3.29. The van der Waals surface area contributed by atoms with Crippen LogP contribution in [0.2, 0.25) is 0 Å². The number of benzene rings is 2. The number of hydrogen-bond acceptors (Lipinski definition) is 4. The fourth-order valence-electron chi connectivity index (χ4n) is 4.71. The van der Waals surface area contributed by atoms with Gasteiger partial charge in [-0.05, 0) is 67.6 Å². The van der Waals surface area contributed by atoms with Crippen LogP contribution in [0.4, 0.5) is 10.1 Å². The maximum atomic E-state index is 13.2. The number of nitrogens with zero attached hydrogens (tertiary/aromatic N) is 2. The molecular formula is C24H27FN2O3. The summed E-state index contributed by atoms with van der Waals surface area (Å²) >= 11 is 0. The van der Waals surface area contributed by atoms with Crippen molar-refractivity contribution in [3.8, 4) is 0 Å². The maximum Gasteiger partial charge on any atom is 0.224 e. The van der Waals surface area contributed by atoms with Gasteiger partial charge in [0.1, 0.15) is 5.82 Å². The minimum Gasteiger partial charge on any atom is -0.385 e. The Morgan fingerprint density at radius 2 is 1.80 bits per heavy atom. The molecule has 1 N–H and O–H groups in total. The maximum absolute atomic E-state index is 13.2. The molecule has 1 atom stereocenters. The van der Waals surface area contributed by atoms with Gasteiger partial charge in [0.05, 0.1) is 12.1 Å². The van der Waals surface area contributed by atoms with Gasteiger partial charge in [-0.25, -0.2) is 4.39 Å². The number of hydrogen-bond donors (Lipinski definition) is 1. The smallest absolute Gasteiger partial charge is 0.224 e. The number of ketones is 1. The number of fused-ring (bicyclic) bond motifs is 1. The molecule has 2 aliphatic heterocycles. The van der Waals surface area contributed by atoms with E-state index in [0.29, 0.717) is 38.0 Å². The highest BCUT2D eigenvalue weighted by molar-refractivity contribution is 6.00. The molecule has 0 aliphatic carbocycles. The van der Waals surface area contributed by atoms with E-state index >= 15 is 0 Å². The zero-order valence-electron chi connectivity index (χ0n) is 17.4. The zero-order chi connectivity index (χ0) is 21.5. The molecule has 0 spiro atoms. The van der Waals surface area contributed by atoms with Crippen LogP contribution in [-0.4, -0.2) is 47.4 Å². The third kappa shape index (κ3) is 3.89. The normalized spacial score (nSPS) is 20.8. The van der Waals surface area contributed by atoms with Crippen molar-refractivity contribution < 1.29 is 19.1 Å². The highest BCUT2D eigenvalue weighted by atomic mass is 19.1. The number of anilines is 1. The van der Waals surface area contributed by atoms with Crippen LogP contribution >= 0.6 is 0 Å². The molecule has 0 aromatic heterocycles. The molecular weight excluding hydrogens is 383 g/mol. The molecule has 6 heteroatoms. The van der Waals surface area contributed by atoms with Gasteiger partial charge in [0, 0.05) is 37.3 Å². The predicted molar refractivity (Wildman–Crippen MR) is 113 cm³/mol. The summed E-state index contributed by atoms with van der Waals surface area (Å²) in [6.45, 7) is 5.07. The average Bonchev–Trinajstić information content (AvgIpc) is 3.05. The second-order valence-electron chi connectivity index (χ2n) is 8.52. The third-order valence-electron chi connectivity index (χ3n) is 6.39. The van der Waals surface area contributed by atoms with Crippen molar-refractivity contribution in [3.05, 3.63) is 65.0 Å². The van der Waals surface area contributed by atoms with E-state index in [1.807, 2.05) is 19.1 Å². The second-order valence-corrected chi connectivity index (χ2v) is 8.52. The summed E-state index contributed by atoms with van der Waals surface area (Å²) in [7, 11) is 0. The largest absolute Gasteiger partial charge is 0.385 e. The Labute approximate surface area is 176 Å². The lowest BCUT2D eigenvalue weighted by Gasteiger charge is -2.38. The van der Waals surface area contributed by atoms with Crippen LogP contribution in [0.25, 0.3) is 0 Å². The SMILES string of the molecule is CC(=O)N1c2ccc(C(=O)CN3CCC(O)(c4ccc(F)cc4)CC3)cc2CC1C. The van der Waals surface area contributed by atoms with Crippen LogP contribution in [0.5, 0.6) is 0 Å². The van der Waals surface area contributed by atoms with Crippen LogP contribution in [0, 0.1) is 5.82 Å². The topological polar surface area (TPSA) is 60.9 Å². The number of piperidine rings is 1. The molecule has 2 aromatic rings. The molecule has 4 rings (SSSR count). The van der Waals surface area contributed by atoms with Gasteiger partial charge in [-0.2, -0.15) is 0 Å². The van der Waals surface area contributed by atoms with E-state index < -0.39 is 5.60 Å². The van der Waals surface area contributed by atoms with Crippen LogP contribution in [0.15, 0.2) is 42.5 Å². The lowest BCUT2D eigenvalue weighted by Crippen LogP contribution is -2.44. The fourth-order valence-corrected chi connectivity index (χ4v) is 4.71. The summed E-state index contributed by atoms with van der Waals surface area (Å²) in [5.74, 6) is -0.262. The monoisotopic (exact) mass is 410 g/mol. The summed E-state index contributed by atoms with van der Waals surface area (Å²) in [5.41, 5.74) is 2.33. The van der Waals surface area contributed by atoms with Gasteiger partial charge >= 0.3 is 0 Å². The van der Waals surface area contributed by atoms with Crippen LogP contribution in [0.3, 0.4) is 0 Å². The minimum atomic E-state index is -0.979. The summed E-state index contributed by atoms with van der Waals surface area (Å²) in [5, 5.41) is 10.9. The summed E-state index contributed by atoms with van der Waals surface area (Å²) in [6, 6.07) is 11.7. The lowest BCUT2D eigenvalue weighted by molar-refractivity contribution is -0.116. The van der Waals surface area contributed by atoms with Crippen LogP contribution < -0.4 is 4.90 Å². The van der Waals surface area contributed by atoms with Gasteiger partial charge in [-0.3, -0.25) is 14.5 Å². The van der Waals surface area contributed by atoms with Crippen molar-refractivity contribution >= 4 is 17.4 Å². The standard InChI is InChI=1S/C24H27FN2O3/c1-16-13-19-14-18(3-8-22(19)27(16)17(2)28)23(29)15-26-11-9-24(30,10-12-26)20-4-6-21(25)7-5-20/h3-8,14,16,30H,9-13,15H2,1-2H3. The number of carbonyl (C=O) groups is 2. The molecule has 5 nitrogen and oxygen atoms in total. The minimum absolute atomic E-state index is 0.0160. The molecule has 0 bridgehead atoms.